The largest absolute Gasteiger partial charge is 0.359 e. The molecule has 0 aliphatic heterocycles. The number of rotatable bonds is 3. The number of benzene rings is 1. The SMILES string of the molecule is Cc1nc(Cl)c2nc(Nc3c(-c4ccccc4)noc3C)sc2n1. The molecule has 0 amide bonds. The van der Waals surface area contributed by atoms with Crippen molar-refractivity contribution in [3.63, 3.8) is 0 Å². The van der Waals surface area contributed by atoms with E-state index in [2.05, 4.69) is 25.4 Å². The van der Waals surface area contributed by atoms with Gasteiger partial charge in [-0.2, -0.15) is 0 Å². The van der Waals surface area contributed by atoms with E-state index in [-0.39, 0.29) is 0 Å². The van der Waals surface area contributed by atoms with E-state index >= 15 is 0 Å². The molecule has 0 fully saturated rings. The Kier molecular flexibility index (Phi) is 3.66. The van der Waals surface area contributed by atoms with E-state index in [4.69, 9.17) is 16.1 Å². The second-order valence-corrected chi connectivity index (χ2v) is 6.52. The van der Waals surface area contributed by atoms with Crippen molar-refractivity contribution in [1.29, 1.82) is 0 Å². The number of hydrogen-bond donors (Lipinski definition) is 1. The van der Waals surface area contributed by atoms with Gasteiger partial charge < -0.3 is 9.84 Å². The molecule has 0 aliphatic carbocycles. The molecule has 6 nitrogen and oxygen atoms in total. The highest BCUT2D eigenvalue weighted by Gasteiger charge is 2.17. The number of aromatic nitrogens is 4. The first-order chi connectivity index (χ1) is 11.6. The predicted octanol–water partition coefficient (Wildman–Crippen LogP) is 4.76. The standard InChI is InChI=1S/C16H12ClN5OS/c1-8-11(12(22-23-8)10-6-4-3-5-7-10)20-16-21-13-14(17)18-9(2)19-15(13)24-16/h3-7H,1-2H3,(H,20,21). The van der Waals surface area contributed by atoms with E-state index in [0.717, 1.165) is 21.8 Å². The van der Waals surface area contributed by atoms with E-state index in [9.17, 15) is 0 Å². The summed E-state index contributed by atoms with van der Waals surface area (Å²) < 4.78 is 5.35. The Morgan fingerprint density at radius 1 is 1.08 bits per heavy atom. The zero-order valence-electron chi connectivity index (χ0n) is 12.9. The third kappa shape index (κ3) is 2.61. The zero-order chi connectivity index (χ0) is 16.7. The van der Waals surface area contributed by atoms with E-state index in [0.29, 0.717) is 27.4 Å². The molecule has 120 valence electrons. The number of nitrogens with one attached hydrogen (secondary N) is 1. The van der Waals surface area contributed by atoms with Gasteiger partial charge in [-0.15, -0.1) is 0 Å². The Morgan fingerprint density at radius 2 is 1.88 bits per heavy atom. The summed E-state index contributed by atoms with van der Waals surface area (Å²) in [5.74, 6) is 1.30. The topological polar surface area (TPSA) is 76.7 Å². The van der Waals surface area contributed by atoms with Gasteiger partial charge in [0.25, 0.3) is 0 Å². The van der Waals surface area contributed by atoms with Crippen LogP contribution in [0.25, 0.3) is 21.6 Å². The number of anilines is 2. The fourth-order valence-electron chi connectivity index (χ4n) is 2.36. The summed E-state index contributed by atoms with van der Waals surface area (Å²) in [6.07, 6.45) is 0. The van der Waals surface area contributed by atoms with Gasteiger partial charge in [-0.25, -0.2) is 15.0 Å². The first-order valence-electron chi connectivity index (χ1n) is 7.21. The molecule has 8 heteroatoms. The maximum absolute atomic E-state index is 6.15. The van der Waals surface area contributed by atoms with Crippen molar-refractivity contribution in [3.8, 4) is 11.3 Å². The average molecular weight is 358 g/mol. The van der Waals surface area contributed by atoms with Crippen LogP contribution in [0.5, 0.6) is 0 Å². The van der Waals surface area contributed by atoms with Crippen molar-refractivity contribution in [2.45, 2.75) is 13.8 Å². The van der Waals surface area contributed by atoms with Gasteiger partial charge in [0.05, 0.1) is 0 Å². The smallest absolute Gasteiger partial charge is 0.190 e. The van der Waals surface area contributed by atoms with Gasteiger partial charge in [0.2, 0.25) is 0 Å². The molecule has 24 heavy (non-hydrogen) atoms. The molecular weight excluding hydrogens is 346 g/mol. The van der Waals surface area contributed by atoms with Crippen LogP contribution < -0.4 is 5.32 Å². The highest BCUT2D eigenvalue weighted by molar-refractivity contribution is 7.21. The minimum Gasteiger partial charge on any atom is -0.359 e. The van der Waals surface area contributed by atoms with Crippen LogP contribution in [0, 0.1) is 13.8 Å². The first kappa shape index (κ1) is 15.0. The van der Waals surface area contributed by atoms with Gasteiger partial charge in [0, 0.05) is 5.56 Å². The molecule has 0 spiro atoms. The normalized spacial score (nSPS) is 11.1. The quantitative estimate of drug-likeness (QED) is 0.533. The van der Waals surface area contributed by atoms with Crippen molar-refractivity contribution in [3.05, 3.63) is 47.1 Å². The van der Waals surface area contributed by atoms with Crippen LogP contribution in [0.1, 0.15) is 11.6 Å². The highest BCUT2D eigenvalue weighted by Crippen LogP contribution is 2.35. The van der Waals surface area contributed by atoms with E-state index in [1.54, 1.807) is 6.92 Å². The first-order valence-corrected chi connectivity index (χ1v) is 8.40. The third-order valence-corrected chi connectivity index (χ3v) is 4.60. The molecule has 0 radical (unpaired) electrons. The lowest BCUT2D eigenvalue weighted by Crippen LogP contribution is -1.92. The Hall–Kier alpha value is -2.51. The summed E-state index contributed by atoms with van der Waals surface area (Å²) in [5.41, 5.74) is 3.07. The summed E-state index contributed by atoms with van der Waals surface area (Å²) in [6, 6.07) is 9.83. The van der Waals surface area contributed by atoms with Gasteiger partial charge in [0.15, 0.2) is 20.9 Å². The molecule has 0 unspecified atom stereocenters. The van der Waals surface area contributed by atoms with Crippen LogP contribution in [0.2, 0.25) is 5.15 Å². The summed E-state index contributed by atoms with van der Waals surface area (Å²) in [6.45, 7) is 3.65. The molecule has 0 aliphatic rings. The molecule has 0 bridgehead atoms. The summed E-state index contributed by atoms with van der Waals surface area (Å²) >= 11 is 7.56. The summed E-state index contributed by atoms with van der Waals surface area (Å²) in [5, 5.41) is 8.45. The highest BCUT2D eigenvalue weighted by atomic mass is 35.5. The van der Waals surface area contributed by atoms with E-state index < -0.39 is 0 Å². The predicted molar refractivity (Wildman–Crippen MR) is 94.9 cm³/mol. The van der Waals surface area contributed by atoms with Crippen LogP contribution >= 0.6 is 22.9 Å². The minimum atomic E-state index is 0.354. The molecular formula is C16H12ClN5OS. The van der Waals surface area contributed by atoms with Gasteiger partial charge in [-0.05, 0) is 13.8 Å². The maximum atomic E-state index is 6.15. The fourth-order valence-corrected chi connectivity index (χ4v) is 3.56. The molecule has 0 saturated heterocycles. The van der Waals surface area contributed by atoms with Gasteiger partial charge >= 0.3 is 0 Å². The second kappa shape index (κ2) is 5.85. The molecule has 1 aromatic carbocycles. The molecule has 1 N–H and O–H groups in total. The monoisotopic (exact) mass is 357 g/mol. The number of thiazole rings is 1. The summed E-state index contributed by atoms with van der Waals surface area (Å²) in [4.78, 5) is 13.7. The van der Waals surface area contributed by atoms with Crippen LogP contribution in [0.15, 0.2) is 34.9 Å². The summed E-state index contributed by atoms with van der Waals surface area (Å²) in [7, 11) is 0. The Bertz CT molecular complexity index is 1030. The van der Waals surface area contributed by atoms with Gasteiger partial charge in [-0.3, -0.25) is 0 Å². The molecule has 0 saturated carbocycles. The van der Waals surface area contributed by atoms with Crippen molar-refractivity contribution in [2.75, 3.05) is 5.32 Å². The average Bonchev–Trinajstić information content (AvgIpc) is 3.13. The van der Waals surface area contributed by atoms with Crippen molar-refractivity contribution >= 4 is 44.1 Å². The number of halogens is 1. The zero-order valence-corrected chi connectivity index (χ0v) is 14.4. The Labute approximate surface area is 146 Å². The molecule has 3 heterocycles. The van der Waals surface area contributed by atoms with E-state index in [1.165, 1.54) is 11.3 Å². The number of fused-ring (bicyclic) bond motifs is 1. The lowest BCUT2D eigenvalue weighted by Gasteiger charge is -2.03. The van der Waals surface area contributed by atoms with Gasteiger partial charge in [0.1, 0.15) is 22.7 Å². The van der Waals surface area contributed by atoms with Crippen LogP contribution in [0.4, 0.5) is 10.8 Å². The number of hydrogen-bond acceptors (Lipinski definition) is 7. The van der Waals surface area contributed by atoms with Crippen molar-refractivity contribution < 1.29 is 4.52 Å². The Morgan fingerprint density at radius 3 is 2.67 bits per heavy atom. The molecule has 3 aromatic heterocycles. The molecule has 4 aromatic rings. The lowest BCUT2D eigenvalue weighted by molar-refractivity contribution is 0.400. The number of nitrogens with zero attached hydrogens (tertiary/aromatic N) is 4. The van der Waals surface area contributed by atoms with Crippen LogP contribution in [-0.2, 0) is 0 Å². The van der Waals surface area contributed by atoms with E-state index in [1.807, 2.05) is 37.3 Å². The maximum Gasteiger partial charge on any atom is 0.190 e. The fraction of sp³-hybridized carbons (Fsp3) is 0.125. The lowest BCUT2D eigenvalue weighted by atomic mass is 10.1. The van der Waals surface area contributed by atoms with Crippen LogP contribution in [-0.4, -0.2) is 20.1 Å². The van der Waals surface area contributed by atoms with Crippen LogP contribution in [0.3, 0.4) is 0 Å². The molecule has 4 rings (SSSR count). The number of aryl methyl sites for hydroxylation is 2. The minimum absolute atomic E-state index is 0.354. The Balaban J connectivity index is 1.77. The van der Waals surface area contributed by atoms with Crippen molar-refractivity contribution in [2.24, 2.45) is 0 Å². The third-order valence-electron chi connectivity index (χ3n) is 3.47. The second-order valence-electron chi connectivity index (χ2n) is 5.19. The van der Waals surface area contributed by atoms with Crippen molar-refractivity contribution in [1.82, 2.24) is 20.1 Å². The molecule has 0 atom stereocenters. The van der Waals surface area contributed by atoms with Gasteiger partial charge in [-0.1, -0.05) is 58.4 Å².